The predicted octanol–water partition coefficient (Wildman–Crippen LogP) is 6.08. The van der Waals surface area contributed by atoms with E-state index in [-0.39, 0.29) is 12.2 Å². The van der Waals surface area contributed by atoms with E-state index in [1.807, 2.05) is 103 Å². The van der Waals surface area contributed by atoms with Crippen LogP contribution in [0.4, 0.5) is 0 Å². The van der Waals surface area contributed by atoms with Crippen molar-refractivity contribution in [3.05, 3.63) is 157 Å². The van der Waals surface area contributed by atoms with Crippen molar-refractivity contribution in [3.8, 4) is 11.3 Å². The van der Waals surface area contributed by atoms with Crippen LogP contribution in [0.25, 0.3) is 33.9 Å². The molecule has 0 radical (unpaired) electrons. The summed E-state index contributed by atoms with van der Waals surface area (Å²) in [6, 6.07) is 36.7. The number of benzene rings is 4. The lowest BCUT2D eigenvalue weighted by Gasteiger charge is -2.25. The second-order valence-corrected chi connectivity index (χ2v) is 11.2. The number of H-pyrrole nitrogens is 1. The first-order valence-corrected chi connectivity index (χ1v) is 14.9. The molecule has 1 aliphatic heterocycles. The summed E-state index contributed by atoms with van der Waals surface area (Å²) >= 11 is 1.32. The number of nitrogens with zero attached hydrogens (tertiary/aromatic N) is 2. The number of nitrogens with one attached hydrogen (secondary N) is 1. The van der Waals surface area contributed by atoms with Crippen molar-refractivity contribution >= 4 is 40.0 Å². The third-order valence-corrected chi connectivity index (χ3v) is 8.56. The van der Waals surface area contributed by atoms with E-state index in [1.54, 1.807) is 11.5 Å². The standard InChI is InChI=1S/C36H27N3O3S/c1-2-42-35(41)30-32(24-16-8-4-9-17-24)38-36-39(33(30)25-18-10-5-11-19-25)34(40)29(43-36)22-27-26-20-12-13-21-28(26)37-31(27)23-14-6-3-7-15-23/h3-22,33,37H,2H2,1H3/b29-22+/t33-/m0/s1. The highest BCUT2D eigenvalue weighted by Crippen LogP contribution is 2.35. The number of hydrogen-bond donors (Lipinski definition) is 1. The first-order chi connectivity index (χ1) is 21.1. The Morgan fingerprint density at radius 3 is 2.21 bits per heavy atom. The largest absolute Gasteiger partial charge is 0.463 e. The molecule has 7 rings (SSSR count). The maximum Gasteiger partial charge on any atom is 0.338 e. The Morgan fingerprint density at radius 1 is 0.884 bits per heavy atom. The topological polar surface area (TPSA) is 76.4 Å². The third kappa shape index (κ3) is 4.73. The Hall–Kier alpha value is -5.27. The lowest BCUT2D eigenvalue weighted by Crippen LogP contribution is -2.40. The molecule has 1 aliphatic rings. The van der Waals surface area contributed by atoms with Gasteiger partial charge in [-0.3, -0.25) is 9.36 Å². The Bertz CT molecular complexity index is 2180. The monoisotopic (exact) mass is 581 g/mol. The van der Waals surface area contributed by atoms with E-state index in [0.717, 1.165) is 38.9 Å². The van der Waals surface area contributed by atoms with Crippen molar-refractivity contribution in [3.63, 3.8) is 0 Å². The molecule has 4 aromatic carbocycles. The van der Waals surface area contributed by atoms with Gasteiger partial charge in [0, 0.05) is 22.0 Å². The fourth-order valence-corrected chi connectivity index (χ4v) is 6.65. The molecule has 0 unspecified atom stereocenters. The second-order valence-electron chi connectivity index (χ2n) is 10.2. The van der Waals surface area contributed by atoms with Crippen LogP contribution < -0.4 is 14.9 Å². The van der Waals surface area contributed by atoms with Crippen molar-refractivity contribution in [2.45, 2.75) is 13.0 Å². The third-order valence-electron chi connectivity index (χ3n) is 7.57. The number of esters is 1. The number of rotatable bonds is 6. The fourth-order valence-electron chi connectivity index (χ4n) is 5.67. The Balaban J connectivity index is 1.53. The Morgan fingerprint density at radius 2 is 1.51 bits per heavy atom. The maximum absolute atomic E-state index is 14.4. The molecule has 1 atom stereocenters. The van der Waals surface area contributed by atoms with Gasteiger partial charge in [0.15, 0.2) is 4.80 Å². The zero-order valence-corrected chi connectivity index (χ0v) is 24.2. The van der Waals surface area contributed by atoms with Gasteiger partial charge in [-0.1, -0.05) is 121 Å². The van der Waals surface area contributed by atoms with Gasteiger partial charge >= 0.3 is 5.97 Å². The fraction of sp³-hybridized carbons (Fsp3) is 0.0833. The number of para-hydroxylation sites is 1. The summed E-state index contributed by atoms with van der Waals surface area (Å²) < 4.78 is 7.73. The molecule has 2 aromatic heterocycles. The van der Waals surface area contributed by atoms with E-state index in [0.29, 0.717) is 20.6 Å². The van der Waals surface area contributed by atoms with Gasteiger partial charge in [-0.25, -0.2) is 9.79 Å². The highest BCUT2D eigenvalue weighted by atomic mass is 32.1. The normalized spacial score (nSPS) is 14.9. The van der Waals surface area contributed by atoms with Crippen LogP contribution in [0.5, 0.6) is 0 Å². The van der Waals surface area contributed by atoms with Crippen LogP contribution in [0, 0.1) is 0 Å². The zero-order valence-electron chi connectivity index (χ0n) is 23.4. The van der Waals surface area contributed by atoms with Gasteiger partial charge in [0.25, 0.3) is 5.56 Å². The Kier molecular flexibility index (Phi) is 6.93. The quantitative estimate of drug-likeness (QED) is 0.242. The van der Waals surface area contributed by atoms with Gasteiger partial charge in [0.1, 0.15) is 0 Å². The molecule has 0 amide bonds. The molecule has 7 heteroatoms. The summed E-state index contributed by atoms with van der Waals surface area (Å²) in [7, 11) is 0. The molecule has 0 aliphatic carbocycles. The van der Waals surface area contributed by atoms with E-state index in [4.69, 9.17) is 9.73 Å². The molecule has 0 bridgehead atoms. The van der Waals surface area contributed by atoms with E-state index in [1.165, 1.54) is 11.3 Å². The summed E-state index contributed by atoms with van der Waals surface area (Å²) in [4.78, 5) is 37.0. The molecule has 43 heavy (non-hydrogen) atoms. The van der Waals surface area contributed by atoms with Crippen LogP contribution in [0.3, 0.4) is 0 Å². The van der Waals surface area contributed by atoms with Gasteiger partial charge in [-0.2, -0.15) is 0 Å². The van der Waals surface area contributed by atoms with Crippen molar-refractivity contribution in [1.82, 2.24) is 9.55 Å². The van der Waals surface area contributed by atoms with Crippen molar-refractivity contribution in [1.29, 1.82) is 0 Å². The minimum atomic E-state index is -0.703. The van der Waals surface area contributed by atoms with Crippen LogP contribution in [0.15, 0.2) is 131 Å². The summed E-state index contributed by atoms with van der Waals surface area (Å²) in [5, 5.41) is 1.02. The van der Waals surface area contributed by atoms with Crippen LogP contribution >= 0.6 is 11.3 Å². The molecule has 1 N–H and O–H groups in total. The Labute approximate surface area is 251 Å². The number of carbonyl (C=O) groups excluding carboxylic acids is 1. The molecular formula is C36H27N3O3S. The molecule has 0 saturated heterocycles. The van der Waals surface area contributed by atoms with Gasteiger partial charge in [-0.15, -0.1) is 0 Å². The van der Waals surface area contributed by atoms with Crippen LogP contribution in [-0.4, -0.2) is 22.1 Å². The number of ether oxygens (including phenoxy) is 1. The first kappa shape index (κ1) is 26.6. The minimum absolute atomic E-state index is 0.207. The SMILES string of the molecule is CCOC(=O)C1=C(c2ccccc2)N=c2s/c(=C/c3c(-c4ccccc4)[nH]c4ccccc34)c(=O)n2[C@H]1c1ccccc1. The molecule has 0 saturated carbocycles. The van der Waals surface area contributed by atoms with Crippen LogP contribution in [0.1, 0.15) is 29.7 Å². The van der Waals surface area contributed by atoms with Crippen LogP contribution in [0.2, 0.25) is 0 Å². The van der Waals surface area contributed by atoms with Gasteiger partial charge in [0.05, 0.1) is 34.1 Å². The molecule has 210 valence electrons. The van der Waals surface area contributed by atoms with Crippen LogP contribution in [-0.2, 0) is 9.53 Å². The van der Waals surface area contributed by atoms with Gasteiger partial charge < -0.3 is 9.72 Å². The number of aromatic amines is 1. The molecule has 3 heterocycles. The number of fused-ring (bicyclic) bond motifs is 2. The summed E-state index contributed by atoms with van der Waals surface area (Å²) in [5.41, 5.74) is 6.10. The molecular weight excluding hydrogens is 554 g/mol. The number of thiazole rings is 1. The lowest BCUT2D eigenvalue weighted by atomic mass is 9.93. The smallest absolute Gasteiger partial charge is 0.338 e. The number of carbonyl (C=O) groups is 1. The van der Waals surface area contributed by atoms with Crippen molar-refractivity contribution in [2.24, 2.45) is 4.99 Å². The molecule has 6 nitrogen and oxygen atoms in total. The van der Waals surface area contributed by atoms with E-state index in [2.05, 4.69) is 23.2 Å². The molecule has 0 spiro atoms. The number of aromatic nitrogens is 2. The predicted molar refractivity (Wildman–Crippen MR) is 171 cm³/mol. The molecule has 0 fully saturated rings. The first-order valence-electron chi connectivity index (χ1n) is 14.1. The highest BCUT2D eigenvalue weighted by molar-refractivity contribution is 7.07. The minimum Gasteiger partial charge on any atom is -0.463 e. The maximum atomic E-state index is 14.4. The second kappa shape index (κ2) is 11.2. The summed E-state index contributed by atoms with van der Waals surface area (Å²) in [6.07, 6.45) is 1.95. The van der Waals surface area contributed by atoms with E-state index in [9.17, 15) is 9.59 Å². The van der Waals surface area contributed by atoms with Gasteiger partial charge in [0.2, 0.25) is 0 Å². The van der Waals surface area contributed by atoms with E-state index < -0.39 is 12.0 Å². The highest BCUT2D eigenvalue weighted by Gasteiger charge is 2.35. The average molecular weight is 582 g/mol. The van der Waals surface area contributed by atoms with E-state index >= 15 is 0 Å². The summed E-state index contributed by atoms with van der Waals surface area (Å²) in [5.74, 6) is -0.490. The lowest BCUT2D eigenvalue weighted by molar-refractivity contribution is -0.138. The summed E-state index contributed by atoms with van der Waals surface area (Å²) in [6.45, 7) is 1.98. The van der Waals surface area contributed by atoms with Gasteiger partial charge in [-0.05, 0) is 30.2 Å². The average Bonchev–Trinajstić information content (AvgIpc) is 3.58. The number of hydrogen-bond acceptors (Lipinski definition) is 5. The molecule has 6 aromatic rings. The zero-order chi connectivity index (χ0) is 29.3. The van der Waals surface area contributed by atoms with Crippen molar-refractivity contribution < 1.29 is 9.53 Å². The van der Waals surface area contributed by atoms with Crippen molar-refractivity contribution in [2.75, 3.05) is 6.61 Å².